The highest BCUT2D eigenvalue weighted by Gasteiger charge is 2.28. The van der Waals surface area contributed by atoms with Gasteiger partial charge in [-0.2, -0.15) is 5.10 Å². The van der Waals surface area contributed by atoms with E-state index in [1.165, 1.54) is 0 Å². The van der Waals surface area contributed by atoms with Gasteiger partial charge in [0.15, 0.2) is 0 Å². The average molecular weight is 305 g/mol. The van der Waals surface area contributed by atoms with Crippen LogP contribution in [0.3, 0.4) is 0 Å². The number of amides is 1. The van der Waals surface area contributed by atoms with Gasteiger partial charge in [0, 0.05) is 5.69 Å². The Morgan fingerprint density at radius 2 is 2.23 bits per heavy atom. The normalized spacial score (nSPS) is 14.1. The van der Waals surface area contributed by atoms with E-state index < -0.39 is 5.60 Å². The van der Waals surface area contributed by atoms with Crippen LogP contribution in [0.5, 0.6) is 0 Å². The van der Waals surface area contributed by atoms with Crippen LogP contribution in [0.2, 0.25) is 0 Å². The van der Waals surface area contributed by atoms with Crippen LogP contribution in [0.4, 0.5) is 0 Å². The Balaban J connectivity index is 1.96. The minimum atomic E-state index is -1.26. The maximum Gasteiger partial charge on any atom is 0.271 e. The number of carbonyl (C=O) groups is 1. The molecule has 0 aromatic carbocycles. The molecule has 1 amide bonds. The quantitative estimate of drug-likeness (QED) is 0.762. The summed E-state index contributed by atoms with van der Waals surface area (Å²) in [5.74, 6) is 1.30. The van der Waals surface area contributed by atoms with Gasteiger partial charge < -0.3 is 14.8 Å². The lowest BCUT2D eigenvalue weighted by Crippen LogP contribution is -2.38. The fraction of sp³-hybridized carbons (Fsp3) is 0.500. The summed E-state index contributed by atoms with van der Waals surface area (Å²) in [7, 11) is 0. The second kappa shape index (κ2) is 6.36. The smallest absolute Gasteiger partial charge is 0.271 e. The van der Waals surface area contributed by atoms with Crippen LogP contribution < -0.4 is 5.32 Å². The van der Waals surface area contributed by atoms with Gasteiger partial charge in [0.25, 0.3) is 5.91 Å². The number of aromatic nitrogens is 2. The predicted octanol–water partition coefficient (Wildman–Crippen LogP) is 2.15. The van der Waals surface area contributed by atoms with Crippen LogP contribution in [0.25, 0.3) is 0 Å². The molecule has 0 spiro atoms. The molecule has 0 aliphatic rings. The van der Waals surface area contributed by atoms with E-state index in [2.05, 4.69) is 29.4 Å². The van der Waals surface area contributed by atoms with E-state index in [1.54, 1.807) is 32.0 Å². The van der Waals surface area contributed by atoms with Gasteiger partial charge in [0.1, 0.15) is 22.8 Å². The molecule has 0 aliphatic heterocycles. The van der Waals surface area contributed by atoms with E-state index in [0.717, 1.165) is 12.1 Å². The first-order chi connectivity index (χ1) is 10.3. The number of H-pyrrole nitrogens is 1. The third-order valence-electron chi connectivity index (χ3n) is 3.36. The van der Waals surface area contributed by atoms with Crippen LogP contribution in [-0.2, 0) is 12.0 Å². The second-order valence-corrected chi connectivity index (χ2v) is 6.24. The average Bonchev–Trinajstić information content (AvgIpc) is 3.05. The molecule has 0 saturated carbocycles. The fourth-order valence-electron chi connectivity index (χ4n) is 2.18. The highest BCUT2D eigenvalue weighted by Crippen LogP contribution is 2.22. The Bertz CT molecular complexity index is 641. The third kappa shape index (κ3) is 3.98. The molecule has 0 radical (unpaired) electrons. The fourth-order valence-corrected chi connectivity index (χ4v) is 2.18. The summed E-state index contributed by atoms with van der Waals surface area (Å²) in [5, 5.41) is 19.9. The molecule has 0 aliphatic carbocycles. The van der Waals surface area contributed by atoms with Crippen LogP contribution in [-0.4, -0.2) is 27.8 Å². The van der Waals surface area contributed by atoms with Gasteiger partial charge in [0.2, 0.25) is 0 Å². The first-order valence-corrected chi connectivity index (χ1v) is 7.39. The number of aryl methyl sites for hydroxylation is 1. The topological polar surface area (TPSA) is 91.2 Å². The summed E-state index contributed by atoms with van der Waals surface area (Å²) in [5.41, 5.74) is -0.0169. The van der Waals surface area contributed by atoms with Gasteiger partial charge in [-0.25, -0.2) is 0 Å². The predicted molar refractivity (Wildman–Crippen MR) is 82.5 cm³/mol. The van der Waals surface area contributed by atoms with Crippen molar-refractivity contribution in [2.45, 2.75) is 39.7 Å². The number of nitrogens with one attached hydrogen (secondary N) is 2. The number of furan rings is 1. The lowest BCUT2D eigenvalue weighted by atomic mass is 10.0. The molecule has 0 bridgehead atoms. The van der Waals surface area contributed by atoms with Gasteiger partial charge in [-0.3, -0.25) is 9.89 Å². The molecule has 1 atom stereocenters. The summed E-state index contributed by atoms with van der Waals surface area (Å²) >= 11 is 0. The van der Waals surface area contributed by atoms with Crippen molar-refractivity contribution in [1.29, 1.82) is 0 Å². The number of rotatable bonds is 6. The van der Waals surface area contributed by atoms with Gasteiger partial charge >= 0.3 is 0 Å². The molecular weight excluding hydrogens is 282 g/mol. The highest BCUT2D eigenvalue weighted by molar-refractivity contribution is 5.92. The van der Waals surface area contributed by atoms with Crippen molar-refractivity contribution in [2.24, 2.45) is 5.92 Å². The van der Waals surface area contributed by atoms with Crippen molar-refractivity contribution < 1.29 is 14.3 Å². The highest BCUT2D eigenvalue weighted by atomic mass is 16.4. The van der Waals surface area contributed by atoms with Crippen LogP contribution in [0.15, 0.2) is 22.6 Å². The van der Waals surface area contributed by atoms with Gasteiger partial charge in [0.05, 0.1) is 6.54 Å². The molecule has 3 N–H and O–H groups in total. The van der Waals surface area contributed by atoms with Gasteiger partial charge in [-0.15, -0.1) is 0 Å². The zero-order valence-electron chi connectivity index (χ0n) is 13.4. The molecule has 0 fully saturated rings. The summed E-state index contributed by atoms with van der Waals surface area (Å²) in [6.07, 6.45) is 0.837. The van der Waals surface area contributed by atoms with E-state index in [4.69, 9.17) is 4.42 Å². The van der Waals surface area contributed by atoms with Crippen molar-refractivity contribution in [1.82, 2.24) is 15.5 Å². The Labute approximate surface area is 129 Å². The summed E-state index contributed by atoms with van der Waals surface area (Å²) in [6, 6.07) is 5.22. The minimum Gasteiger partial charge on any atom is -0.463 e. The molecule has 6 heteroatoms. The van der Waals surface area contributed by atoms with Gasteiger partial charge in [-0.05, 0) is 44.4 Å². The zero-order chi connectivity index (χ0) is 16.3. The number of aromatic amines is 1. The number of nitrogens with zero attached hydrogens (tertiary/aromatic N) is 1. The molecule has 1 unspecified atom stereocenters. The van der Waals surface area contributed by atoms with Crippen LogP contribution >= 0.6 is 0 Å². The van der Waals surface area contributed by atoms with E-state index in [0.29, 0.717) is 23.1 Å². The number of aliphatic hydroxyl groups is 1. The molecular formula is C16H23N3O3. The first kappa shape index (κ1) is 16.3. The Kier molecular flexibility index (Phi) is 4.71. The van der Waals surface area contributed by atoms with Crippen molar-refractivity contribution >= 4 is 5.91 Å². The Morgan fingerprint density at radius 3 is 2.82 bits per heavy atom. The van der Waals surface area contributed by atoms with Crippen molar-refractivity contribution in [3.8, 4) is 0 Å². The number of hydrogen-bond acceptors (Lipinski definition) is 4. The minimum absolute atomic E-state index is 0.0468. The lowest BCUT2D eigenvalue weighted by Gasteiger charge is -2.20. The van der Waals surface area contributed by atoms with Crippen molar-refractivity contribution in [2.75, 3.05) is 6.54 Å². The lowest BCUT2D eigenvalue weighted by molar-refractivity contribution is 0.0322. The SMILES string of the molecule is Cc1ccc(C(C)(O)CNC(=O)c2cc(CC(C)C)[nH]n2)o1. The summed E-state index contributed by atoms with van der Waals surface area (Å²) in [6.45, 7) is 7.65. The molecule has 2 rings (SSSR count). The van der Waals surface area contributed by atoms with Crippen molar-refractivity contribution in [3.05, 3.63) is 41.1 Å². The maximum absolute atomic E-state index is 12.1. The molecule has 6 nitrogen and oxygen atoms in total. The van der Waals surface area contributed by atoms with E-state index >= 15 is 0 Å². The number of hydrogen-bond donors (Lipinski definition) is 3. The monoisotopic (exact) mass is 305 g/mol. The number of carbonyl (C=O) groups excluding carboxylic acids is 1. The molecule has 0 saturated heterocycles. The second-order valence-electron chi connectivity index (χ2n) is 6.24. The molecule has 120 valence electrons. The largest absolute Gasteiger partial charge is 0.463 e. The maximum atomic E-state index is 12.1. The third-order valence-corrected chi connectivity index (χ3v) is 3.36. The Morgan fingerprint density at radius 1 is 1.50 bits per heavy atom. The van der Waals surface area contributed by atoms with Crippen molar-refractivity contribution in [3.63, 3.8) is 0 Å². The first-order valence-electron chi connectivity index (χ1n) is 7.39. The molecule has 2 aromatic rings. The summed E-state index contributed by atoms with van der Waals surface area (Å²) in [4.78, 5) is 12.1. The Hall–Kier alpha value is -2.08. The molecule has 2 heterocycles. The van der Waals surface area contributed by atoms with Gasteiger partial charge in [-0.1, -0.05) is 13.8 Å². The molecule has 22 heavy (non-hydrogen) atoms. The van der Waals surface area contributed by atoms with Crippen LogP contribution in [0, 0.1) is 12.8 Å². The summed E-state index contributed by atoms with van der Waals surface area (Å²) < 4.78 is 5.41. The standard InChI is InChI=1S/C16H23N3O3/c1-10(2)7-12-8-13(19-18-12)15(20)17-9-16(4,21)14-6-5-11(3)22-14/h5-6,8,10,21H,7,9H2,1-4H3,(H,17,20)(H,18,19). The van der Waals surface area contributed by atoms with E-state index in [-0.39, 0.29) is 12.5 Å². The van der Waals surface area contributed by atoms with E-state index in [1.807, 2.05) is 0 Å². The van der Waals surface area contributed by atoms with E-state index in [9.17, 15) is 9.90 Å². The zero-order valence-corrected chi connectivity index (χ0v) is 13.4. The van der Waals surface area contributed by atoms with Crippen LogP contribution in [0.1, 0.15) is 48.5 Å². The molecule has 2 aromatic heterocycles.